The van der Waals surface area contributed by atoms with Crippen LogP contribution in [0.25, 0.3) is 122 Å². The van der Waals surface area contributed by atoms with Gasteiger partial charge in [0.15, 0.2) is 17.5 Å². The molecule has 4 heterocycles. The van der Waals surface area contributed by atoms with Crippen LogP contribution in [0, 0.1) is 0 Å². The van der Waals surface area contributed by atoms with E-state index in [2.05, 4.69) is 72.8 Å². The Labute approximate surface area is 325 Å². The molecule has 0 fully saturated rings. The molecule has 0 radical (unpaired) electrons. The van der Waals surface area contributed by atoms with Gasteiger partial charge in [-0.15, -0.1) is 0 Å². The van der Waals surface area contributed by atoms with Gasteiger partial charge in [0.2, 0.25) is 0 Å². The quantitative estimate of drug-likeness (QED) is 0.175. The molecule has 0 atom stereocenters. The maximum Gasteiger partial charge on any atom is 0.167 e. The van der Waals surface area contributed by atoms with E-state index in [0.29, 0.717) is 17.5 Å². The number of benzene rings is 8. The van der Waals surface area contributed by atoms with Gasteiger partial charge in [-0.3, -0.25) is 0 Å². The van der Waals surface area contributed by atoms with Crippen LogP contribution in [0.1, 0.15) is 0 Å². The average Bonchev–Trinajstić information content (AvgIpc) is 3.97. The molecule has 0 aliphatic rings. The van der Waals surface area contributed by atoms with E-state index in [4.69, 9.17) is 28.2 Å². The number of nitrogens with zero attached hydrogens (tertiary/aromatic N) is 3. The lowest BCUT2D eigenvalue weighted by atomic mass is 9.91. The van der Waals surface area contributed by atoms with Crippen LogP contribution >= 0.6 is 0 Å². The van der Waals surface area contributed by atoms with E-state index in [-0.39, 0.29) is 0 Å². The SMILES string of the molecule is c1ccc(-c2nc(-c3ccccc3)nc(-c3cccc4c3oc3ccc(-c5cc(-c6cccc7oc8ccccc8c67)c6c(c5)oc5ccccc56)cc34)n2)cc1. The second-order valence-electron chi connectivity index (χ2n) is 14.3. The summed E-state index contributed by atoms with van der Waals surface area (Å²) in [7, 11) is 0. The predicted molar refractivity (Wildman–Crippen MR) is 229 cm³/mol. The van der Waals surface area contributed by atoms with Gasteiger partial charge in [-0.2, -0.15) is 0 Å². The molecule has 0 amide bonds. The maximum absolute atomic E-state index is 6.67. The van der Waals surface area contributed by atoms with Crippen molar-refractivity contribution >= 4 is 65.8 Å². The largest absolute Gasteiger partial charge is 0.456 e. The highest BCUT2D eigenvalue weighted by Gasteiger charge is 2.21. The Morgan fingerprint density at radius 3 is 1.54 bits per heavy atom. The molecule has 57 heavy (non-hydrogen) atoms. The molecule has 4 aromatic heterocycles. The number of hydrogen-bond acceptors (Lipinski definition) is 6. The van der Waals surface area contributed by atoms with Crippen LogP contribution in [0.5, 0.6) is 0 Å². The first kappa shape index (κ1) is 31.5. The fourth-order valence-electron chi connectivity index (χ4n) is 8.32. The van der Waals surface area contributed by atoms with Crippen LogP contribution < -0.4 is 0 Å². The molecule has 6 nitrogen and oxygen atoms in total. The Morgan fingerprint density at radius 1 is 0.281 bits per heavy atom. The van der Waals surface area contributed by atoms with Gasteiger partial charge < -0.3 is 13.3 Å². The average molecular weight is 732 g/mol. The van der Waals surface area contributed by atoms with Crippen molar-refractivity contribution in [1.29, 1.82) is 0 Å². The van der Waals surface area contributed by atoms with Crippen molar-refractivity contribution in [3.8, 4) is 56.4 Å². The van der Waals surface area contributed by atoms with Gasteiger partial charge in [-0.25, -0.2) is 15.0 Å². The van der Waals surface area contributed by atoms with Crippen LogP contribution in [0.2, 0.25) is 0 Å². The summed E-state index contributed by atoms with van der Waals surface area (Å²) in [5.74, 6) is 1.75. The van der Waals surface area contributed by atoms with Crippen molar-refractivity contribution < 1.29 is 13.3 Å². The first-order valence-corrected chi connectivity index (χ1v) is 18.9. The minimum absolute atomic E-state index is 0.550. The fourth-order valence-corrected chi connectivity index (χ4v) is 8.32. The van der Waals surface area contributed by atoms with Crippen LogP contribution in [-0.4, -0.2) is 15.0 Å². The number of para-hydroxylation sites is 3. The molecule has 12 aromatic rings. The fraction of sp³-hybridized carbons (Fsp3) is 0. The zero-order valence-corrected chi connectivity index (χ0v) is 30.3. The van der Waals surface area contributed by atoms with E-state index in [1.807, 2.05) is 103 Å². The van der Waals surface area contributed by atoms with Crippen molar-refractivity contribution in [3.63, 3.8) is 0 Å². The van der Waals surface area contributed by atoms with E-state index in [9.17, 15) is 0 Å². The first-order valence-electron chi connectivity index (χ1n) is 18.9. The zero-order chi connectivity index (χ0) is 37.5. The number of fused-ring (bicyclic) bond motifs is 9. The number of aromatic nitrogens is 3. The third kappa shape index (κ3) is 5.01. The summed E-state index contributed by atoms with van der Waals surface area (Å²) in [6, 6.07) is 59.8. The van der Waals surface area contributed by atoms with Crippen molar-refractivity contribution in [2.45, 2.75) is 0 Å². The van der Waals surface area contributed by atoms with Crippen molar-refractivity contribution in [2.75, 3.05) is 0 Å². The van der Waals surface area contributed by atoms with Crippen molar-refractivity contribution in [1.82, 2.24) is 15.0 Å². The van der Waals surface area contributed by atoms with Gasteiger partial charge in [0.05, 0.1) is 5.56 Å². The van der Waals surface area contributed by atoms with Gasteiger partial charge in [0.1, 0.15) is 33.5 Å². The Balaban J connectivity index is 1.06. The summed E-state index contributed by atoms with van der Waals surface area (Å²) >= 11 is 0. The molecule has 0 aliphatic carbocycles. The number of furan rings is 3. The summed E-state index contributed by atoms with van der Waals surface area (Å²) in [5, 5.41) is 6.30. The van der Waals surface area contributed by atoms with Gasteiger partial charge >= 0.3 is 0 Å². The lowest BCUT2D eigenvalue weighted by Crippen LogP contribution is -2.00. The summed E-state index contributed by atoms with van der Waals surface area (Å²) in [6.45, 7) is 0. The van der Waals surface area contributed by atoms with Gasteiger partial charge in [0.25, 0.3) is 0 Å². The molecule has 0 saturated heterocycles. The molecule has 12 rings (SSSR count). The highest BCUT2D eigenvalue weighted by molar-refractivity contribution is 6.20. The second-order valence-corrected chi connectivity index (χ2v) is 14.3. The van der Waals surface area contributed by atoms with Crippen LogP contribution in [0.15, 0.2) is 189 Å². The Bertz CT molecular complexity index is 3470. The van der Waals surface area contributed by atoms with Crippen molar-refractivity contribution in [3.05, 3.63) is 176 Å². The van der Waals surface area contributed by atoms with Gasteiger partial charge in [-0.05, 0) is 70.8 Å². The first-order chi connectivity index (χ1) is 28.2. The van der Waals surface area contributed by atoms with E-state index in [1.165, 1.54) is 0 Å². The minimum Gasteiger partial charge on any atom is -0.456 e. The summed E-state index contributed by atoms with van der Waals surface area (Å²) in [4.78, 5) is 14.9. The van der Waals surface area contributed by atoms with E-state index in [1.54, 1.807) is 0 Å². The van der Waals surface area contributed by atoms with Gasteiger partial charge in [0, 0.05) is 43.4 Å². The topological polar surface area (TPSA) is 78.1 Å². The van der Waals surface area contributed by atoms with Crippen molar-refractivity contribution in [2.24, 2.45) is 0 Å². The molecule has 0 saturated carbocycles. The third-order valence-electron chi connectivity index (χ3n) is 10.9. The molecule has 6 heteroatoms. The molecular formula is C51H29N3O3. The summed E-state index contributed by atoms with van der Waals surface area (Å²) < 4.78 is 19.6. The molecule has 0 bridgehead atoms. The lowest BCUT2D eigenvalue weighted by molar-refractivity contribution is 0.668. The highest BCUT2D eigenvalue weighted by atomic mass is 16.3. The maximum atomic E-state index is 6.67. The Hall–Kier alpha value is -7.83. The smallest absolute Gasteiger partial charge is 0.167 e. The highest BCUT2D eigenvalue weighted by Crippen LogP contribution is 2.45. The van der Waals surface area contributed by atoms with E-state index in [0.717, 1.165) is 105 Å². The molecule has 0 spiro atoms. The van der Waals surface area contributed by atoms with E-state index < -0.39 is 0 Å². The third-order valence-corrected chi connectivity index (χ3v) is 10.9. The normalized spacial score (nSPS) is 11.9. The number of hydrogen-bond donors (Lipinski definition) is 0. The second kappa shape index (κ2) is 12.3. The Morgan fingerprint density at radius 2 is 0.825 bits per heavy atom. The lowest BCUT2D eigenvalue weighted by Gasteiger charge is -2.10. The number of rotatable bonds is 5. The molecule has 266 valence electrons. The standard InChI is InChI=1S/C51H29N3O3/c1-3-13-30(14-4-1)49-52-50(31-15-5-2-6-16-31)54-51(53-49)38-21-11-20-35-39-27-32(25-26-43(39)57-48(35)38)33-28-40(47-37-18-8-10-23-42(37)56-45(47)29-33)34-19-12-24-44-46(34)36-17-7-9-22-41(36)55-44/h1-29H. The van der Waals surface area contributed by atoms with Crippen LogP contribution in [-0.2, 0) is 0 Å². The molecule has 8 aromatic carbocycles. The summed E-state index contributed by atoms with van der Waals surface area (Å²) in [5.41, 5.74) is 11.8. The summed E-state index contributed by atoms with van der Waals surface area (Å²) in [6.07, 6.45) is 0. The molecule has 0 N–H and O–H groups in total. The van der Waals surface area contributed by atoms with E-state index >= 15 is 0 Å². The van der Waals surface area contributed by atoms with Crippen LogP contribution in [0.3, 0.4) is 0 Å². The Kier molecular flexibility index (Phi) is 6.83. The predicted octanol–water partition coefficient (Wildman–Crippen LogP) is 13.9. The van der Waals surface area contributed by atoms with Gasteiger partial charge in [-0.1, -0.05) is 127 Å². The van der Waals surface area contributed by atoms with Crippen LogP contribution in [0.4, 0.5) is 0 Å². The molecule has 0 aliphatic heterocycles. The molecule has 0 unspecified atom stereocenters. The molecular weight excluding hydrogens is 703 g/mol. The minimum atomic E-state index is 0.550. The zero-order valence-electron chi connectivity index (χ0n) is 30.3. The monoisotopic (exact) mass is 731 g/mol.